The van der Waals surface area contributed by atoms with Gasteiger partial charge in [0.1, 0.15) is 5.75 Å². The SMILES string of the molecule is CCCCNC(=O)Nc1ccc(-c2c(N)c3ccc(OCC)cc3n2CCC)cc1. The average molecular weight is 409 g/mol. The number of anilines is 2. The Morgan fingerprint density at radius 1 is 1.07 bits per heavy atom. The van der Waals surface area contributed by atoms with E-state index < -0.39 is 0 Å². The number of nitrogen functional groups attached to an aromatic ring is 1. The summed E-state index contributed by atoms with van der Waals surface area (Å²) in [6.07, 6.45) is 3.01. The van der Waals surface area contributed by atoms with E-state index in [0.29, 0.717) is 13.2 Å². The molecule has 0 aliphatic carbocycles. The van der Waals surface area contributed by atoms with Crippen molar-refractivity contribution in [3.05, 3.63) is 42.5 Å². The predicted octanol–water partition coefficient (Wildman–Crippen LogP) is 5.62. The summed E-state index contributed by atoms with van der Waals surface area (Å²) < 4.78 is 7.95. The topological polar surface area (TPSA) is 81.3 Å². The number of carbonyl (C=O) groups excluding carboxylic acids is 1. The number of fused-ring (bicyclic) bond motifs is 1. The zero-order chi connectivity index (χ0) is 21.5. The fourth-order valence-corrected chi connectivity index (χ4v) is 3.65. The van der Waals surface area contributed by atoms with Crippen molar-refractivity contribution in [2.45, 2.75) is 46.6 Å². The largest absolute Gasteiger partial charge is 0.494 e. The fraction of sp³-hybridized carbons (Fsp3) is 0.375. The van der Waals surface area contributed by atoms with E-state index in [0.717, 1.165) is 65.1 Å². The van der Waals surface area contributed by atoms with Crippen LogP contribution < -0.4 is 21.1 Å². The molecule has 2 aromatic carbocycles. The number of hydrogen-bond acceptors (Lipinski definition) is 3. The molecule has 0 fully saturated rings. The van der Waals surface area contributed by atoms with Gasteiger partial charge in [-0.05, 0) is 44.0 Å². The molecule has 0 atom stereocenters. The van der Waals surface area contributed by atoms with Gasteiger partial charge < -0.3 is 25.7 Å². The van der Waals surface area contributed by atoms with E-state index in [-0.39, 0.29) is 6.03 Å². The molecule has 6 heteroatoms. The molecule has 1 aromatic heterocycles. The third kappa shape index (κ3) is 4.70. The Kier molecular flexibility index (Phi) is 7.22. The average Bonchev–Trinajstić information content (AvgIpc) is 3.01. The highest BCUT2D eigenvalue weighted by Crippen LogP contribution is 2.38. The van der Waals surface area contributed by atoms with E-state index in [1.807, 2.05) is 43.3 Å². The molecule has 6 nitrogen and oxygen atoms in total. The number of benzene rings is 2. The summed E-state index contributed by atoms with van der Waals surface area (Å²) in [6.45, 7) is 8.40. The number of urea groups is 1. The first kappa shape index (κ1) is 21.6. The van der Waals surface area contributed by atoms with Crippen LogP contribution in [0.3, 0.4) is 0 Å². The Labute approximate surface area is 178 Å². The normalized spacial score (nSPS) is 10.9. The first-order valence-corrected chi connectivity index (χ1v) is 10.8. The van der Waals surface area contributed by atoms with Crippen LogP contribution in [0, 0.1) is 0 Å². The van der Waals surface area contributed by atoms with Gasteiger partial charge in [0.15, 0.2) is 0 Å². The molecule has 0 bridgehead atoms. The van der Waals surface area contributed by atoms with Gasteiger partial charge in [0, 0.05) is 35.8 Å². The molecule has 2 amide bonds. The first-order valence-electron chi connectivity index (χ1n) is 10.8. The lowest BCUT2D eigenvalue weighted by Crippen LogP contribution is -2.29. The summed E-state index contributed by atoms with van der Waals surface area (Å²) in [7, 11) is 0. The second kappa shape index (κ2) is 10.1. The van der Waals surface area contributed by atoms with Gasteiger partial charge in [0.2, 0.25) is 0 Å². The number of amides is 2. The van der Waals surface area contributed by atoms with Crippen LogP contribution >= 0.6 is 0 Å². The lowest BCUT2D eigenvalue weighted by atomic mass is 10.1. The zero-order valence-corrected chi connectivity index (χ0v) is 18.1. The molecule has 3 aromatic rings. The molecular weight excluding hydrogens is 376 g/mol. The number of aryl methyl sites for hydroxylation is 1. The quantitative estimate of drug-likeness (QED) is 0.402. The minimum atomic E-state index is -0.181. The van der Waals surface area contributed by atoms with Crippen molar-refractivity contribution in [3.8, 4) is 17.0 Å². The molecule has 0 saturated heterocycles. The van der Waals surface area contributed by atoms with Crippen LogP contribution in [0.1, 0.15) is 40.0 Å². The Morgan fingerprint density at radius 2 is 1.83 bits per heavy atom. The van der Waals surface area contributed by atoms with Crippen LogP contribution in [-0.2, 0) is 6.54 Å². The number of carbonyl (C=O) groups is 1. The number of ether oxygens (including phenoxy) is 1. The van der Waals surface area contributed by atoms with Crippen molar-refractivity contribution < 1.29 is 9.53 Å². The van der Waals surface area contributed by atoms with Crippen LogP contribution in [-0.4, -0.2) is 23.7 Å². The van der Waals surface area contributed by atoms with Gasteiger partial charge in [-0.15, -0.1) is 0 Å². The van der Waals surface area contributed by atoms with E-state index in [2.05, 4.69) is 35.1 Å². The number of unbranched alkanes of at least 4 members (excludes halogenated alkanes) is 1. The highest BCUT2D eigenvalue weighted by molar-refractivity contribution is 6.01. The van der Waals surface area contributed by atoms with E-state index in [1.54, 1.807) is 0 Å². The summed E-state index contributed by atoms with van der Waals surface area (Å²) in [5.41, 5.74) is 11.2. The highest BCUT2D eigenvalue weighted by Gasteiger charge is 2.17. The third-order valence-electron chi connectivity index (χ3n) is 5.07. The molecule has 160 valence electrons. The van der Waals surface area contributed by atoms with Crippen LogP contribution in [0.2, 0.25) is 0 Å². The summed E-state index contributed by atoms with van der Waals surface area (Å²) in [6, 6.07) is 13.7. The molecule has 30 heavy (non-hydrogen) atoms. The number of rotatable bonds is 9. The van der Waals surface area contributed by atoms with Crippen LogP contribution in [0.15, 0.2) is 42.5 Å². The van der Waals surface area contributed by atoms with E-state index in [1.165, 1.54) is 0 Å². The molecule has 0 radical (unpaired) electrons. The van der Waals surface area contributed by atoms with Gasteiger partial charge in [-0.1, -0.05) is 32.4 Å². The number of aromatic nitrogens is 1. The maximum Gasteiger partial charge on any atom is 0.319 e. The van der Waals surface area contributed by atoms with Gasteiger partial charge in [0.25, 0.3) is 0 Å². The van der Waals surface area contributed by atoms with E-state index >= 15 is 0 Å². The highest BCUT2D eigenvalue weighted by atomic mass is 16.5. The first-order chi connectivity index (χ1) is 14.6. The monoisotopic (exact) mass is 408 g/mol. The van der Waals surface area contributed by atoms with Gasteiger partial charge in [-0.25, -0.2) is 4.79 Å². The Balaban J connectivity index is 1.90. The zero-order valence-electron chi connectivity index (χ0n) is 18.1. The molecule has 1 heterocycles. The van der Waals surface area contributed by atoms with Gasteiger partial charge >= 0.3 is 6.03 Å². The lowest BCUT2D eigenvalue weighted by Gasteiger charge is -2.12. The minimum absolute atomic E-state index is 0.181. The summed E-state index contributed by atoms with van der Waals surface area (Å²) >= 11 is 0. The summed E-state index contributed by atoms with van der Waals surface area (Å²) in [4.78, 5) is 12.0. The Hall–Kier alpha value is -3.15. The molecule has 4 N–H and O–H groups in total. The predicted molar refractivity (Wildman–Crippen MR) is 125 cm³/mol. The van der Waals surface area contributed by atoms with Crippen molar-refractivity contribution in [1.82, 2.24) is 9.88 Å². The second-order valence-electron chi connectivity index (χ2n) is 7.34. The van der Waals surface area contributed by atoms with Crippen molar-refractivity contribution >= 4 is 28.3 Å². The third-order valence-corrected chi connectivity index (χ3v) is 5.07. The standard InChI is InChI=1S/C24H32N4O2/c1-4-7-14-26-24(29)27-18-10-8-17(9-11-18)23-22(25)20-13-12-19(30-6-3)16-21(20)28(23)15-5-2/h8-13,16H,4-7,14-15,25H2,1-3H3,(H2,26,27,29). The molecule has 0 saturated carbocycles. The molecule has 0 aliphatic rings. The number of nitrogens with one attached hydrogen (secondary N) is 2. The second-order valence-corrected chi connectivity index (χ2v) is 7.34. The van der Waals surface area contributed by atoms with E-state index in [4.69, 9.17) is 10.5 Å². The van der Waals surface area contributed by atoms with Crippen molar-refractivity contribution in [2.75, 3.05) is 24.2 Å². The lowest BCUT2D eigenvalue weighted by molar-refractivity contribution is 0.252. The van der Waals surface area contributed by atoms with Gasteiger partial charge in [-0.3, -0.25) is 0 Å². The number of nitrogens with zero attached hydrogens (tertiary/aromatic N) is 1. The maximum atomic E-state index is 12.0. The van der Waals surface area contributed by atoms with Crippen LogP contribution in [0.5, 0.6) is 5.75 Å². The molecule has 3 rings (SSSR count). The van der Waals surface area contributed by atoms with E-state index in [9.17, 15) is 4.79 Å². The fourth-order valence-electron chi connectivity index (χ4n) is 3.65. The molecule has 0 aliphatic heterocycles. The van der Waals surface area contributed by atoms with Crippen molar-refractivity contribution in [1.29, 1.82) is 0 Å². The molecular formula is C24H32N4O2. The minimum Gasteiger partial charge on any atom is -0.494 e. The molecule has 0 spiro atoms. The Bertz CT molecular complexity index is 993. The maximum absolute atomic E-state index is 12.0. The smallest absolute Gasteiger partial charge is 0.319 e. The summed E-state index contributed by atoms with van der Waals surface area (Å²) in [5, 5.41) is 6.77. The van der Waals surface area contributed by atoms with Gasteiger partial charge in [0.05, 0.1) is 23.5 Å². The molecule has 0 unspecified atom stereocenters. The Morgan fingerprint density at radius 3 is 2.50 bits per heavy atom. The van der Waals surface area contributed by atoms with Crippen LogP contribution in [0.25, 0.3) is 22.2 Å². The van der Waals surface area contributed by atoms with Gasteiger partial charge in [-0.2, -0.15) is 0 Å². The number of nitrogens with two attached hydrogens (primary N) is 1. The summed E-state index contributed by atoms with van der Waals surface area (Å²) in [5.74, 6) is 0.847. The number of hydrogen-bond donors (Lipinski definition) is 3. The van der Waals surface area contributed by atoms with Crippen molar-refractivity contribution in [2.24, 2.45) is 0 Å². The van der Waals surface area contributed by atoms with Crippen molar-refractivity contribution in [3.63, 3.8) is 0 Å². The van der Waals surface area contributed by atoms with Crippen LogP contribution in [0.4, 0.5) is 16.2 Å².